The van der Waals surface area contributed by atoms with Crippen LogP contribution in [-0.4, -0.2) is 1850 Å². The van der Waals surface area contributed by atoms with Crippen molar-refractivity contribution in [2.24, 2.45) is 40.9 Å². The molecule has 0 heterocycles. The van der Waals surface area contributed by atoms with Crippen LogP contribution >= 0.6 is 0 Å². The van der Waals surface area contributed by atoms with E-state index in [-0.39, 0.29) is 578 Å². The van der Waals surface area contributed by atoms with E-state index in [0.29, 0.717) is 39.2 Å². The van der Waals surface area contributed by atoms with Crippen molar-refractivity contribution in [2.75, 3.05) is 7.05 Å². The fraction of sp³-hybridized carbons (Fsp3) is 0.0556. The average Bonchev–Trinajstić information content (AvgIpc) is 0.772. The van der Waals surface area contributed by atoms with Gasteiger partial charge in [-0.3, -0.25) is 4.55 Å². The number of aromatic hydroxyl groups is 1. The number of hydrogen-bond acceptors (Lipinski definition) is 11. The molecule has 5 aromatic carbocycles. The number of benzene rings is 5. The molecule has 76 heteroatoms. The topological polar surface area (TPSA) is 173 Å². The zero-order chi connectivity index (χ0) is 84.4. The van der Waals surface area contributed by atoms with Crippen molar-refractivity contribution in [3.8, 4) is 5.75 Å². The minimum absolute atomic E-state index is 0. The summed E-state index contributed by atoms with van der Waals surface area (Å²) in [7, 11) is -3.08. The third-order valence-corrected chi connectivity index (χ3v) is 6.94. The molecule has 0 aromatic heterocycles. The van der Waals surface area contributed by atoms with Crippen molar-refractivity contribution in [1.82, 2.24) is 0 Å². The molecule has 5 aromatic rings. The molecule has 2 N–H and O–H groups in total. The van der Waals surface area contributed by atoms with E-state index in [4.69, 9.17) is 0 Å². The van der Waals surface area contributed by atoms with Gasteiger partial charge in [0.1, 0.15) is 10.6 Å². The van der Waals surface area contributed by atoms with Gasteiger partial charge in [0.15, 0.2) is 5.75 Å². The second-order valence-corrected chi connectivity index (χ2v) is 10.6. The molecule has 0 atom stereocenters. The Labute approximate surface area is 2460 Å². The Morgan fingerprint density at radius 2 is 0.411 bits per heavy atom. The molecule has 0 spiro atoms. The third kappa shape index (κ3) is 282. The molecule has 0 bridgehead atoms. The van der Waals surface area contributed by atoms with Crippen LogP contribution in [-0.2, 0) is 10.1 Å². The molecule has 5 rings (SSSR count). The first kappa shape index (κ1) is 319. The van der Waals surface area contributed by atoms with Gasteiger partial charge in [0.25, 0.3) is 10.1 Å². The molecule has 0 aliphatic rings. The number of azo groups is 4. The van der Waals surface area contributed by atoms with E-state index in [1.807, 2.05) is 6.92 Å². The van der Waals surface area contributed by atoms with Crippen molar-refractivity contribution in [3.05, 3.63) is 147 Å². The van der Waals surface area contributed by atoms with Crippen molar-refractivity contribution in [2.45, 2.75) is 11.8 Å². The average molecular weight is 6070 g/mol. The number of phenolic OH excluding ortho intramolecular Hbond substituents is 1. The van der Waals surface area contributed by atoms with Crippen molar-refractivity contribution in [3.63, 3.8) is 0 Å². The number of aryl methyl sites for hydroxylation is 1. The van der Waals surface area contributed by atoms with Gasteiger partial charge in [-0.05, 0) is 91.2 Å². The van der Waals surface area contributed by atoms with E-state index in [1.54, 1.807) is 98.0 Å². The summed E-state index contributed by atoms with van der Waals surface area (Å²) in [5.74, 6) is -0.402. The van der Waals surface area contributed by atoms with Crippen LogP contribution in [0.3, 0.4) is 0 Å². The van der Waals surface area contributed by atoms with Gasteiger partial charge in [-0.25, -0.2) is 0 Å². The van der Waals surface area contributed by atoms with Crippen LogP contribution in [0, 0.1) is 51.5 Å². The van der Waals surface area contributed by atoms with Crippen LogP contribution in [0.1, 0.15) is 9.84 Å². The summed E-state index contributed by atoms with van der Waals surface area (Å²) in [4.78, 5) is -0.543. The van der Waals surface area contributed by atoms with Gasteiger partial charge in [-0.2, -0.15) is 44.2 Å². The van der Waals surface area contributed by atoms with Crippen LogP contribution in [0.2, 0.25) is 0 Å². The molecule has 322 valence electrons. The number of nitrogens with zero attached hydrogens (tertiary/aromatic N) is 8. The fourth-order valence-corrected chi connectivity index (χ4v) is 4.63. The van der Waals surface area contributed by atoms with Gasteiger partial charge in [-0.15, -0.1) is 5.11 Å². The molecular formula is C36H45N8O4Rb63S. The van der Waals surface area contributed by atoms with Crippen LogP contribution in [0.5, 0.6) is 5.75 Å². The van der Waals surface area contributed by atoms with E-state index in [9.17, 15) is 18.1 Å². The van der Waals surface area contributed by atoms with Crippen molar-refractivity contribution in [1.29, 1.82) is 0 Å². The Morgan fingerprint density at radius 1 is 0.259 bits per heavy atom. The molecule has 0 fully saturated rings. The van der Waals surface area contributed by atoms with Crippen molar-refractivity contribution >= 4 is 1890 Å². The number of hydrogen-bond donors (Lipinski definition) is 2. The summed E-state index contributed by atoms with van der Waals surface area (Å²) in [5, 5.41) is 44.1. The van der Waals surface area contributed by atoms with Gasteiger partial charge >= 0.3 is 2350 Å². The first-order valence-electron chi connectivity index (χ1n) is 39.8. The first-order chi connectivity index (χ1) is 47.7. The van der Waals surface area contributed by atoms with Crippen LogP contribution < -0.4 is 524 Å². The normalized spacial score (nSPS) is 6.71. The zero-order valence-electron chi connectivity index (χ0n) is 94.9. The quantitative estimate of drug-likeness (QED) is 0.0894. The van der Waals surface area contributed by atoms with E-state index in [2.05, 4.69) is 40.9 Å². The standard InChI is InChI=1S/C30H24N8O4S.6CH3.63Rb.3H/c1-19-3-16-27-20(17-19)18-28(43(40,41)42)29(30(27)39)38-37-26-14-12-25(13-15-26)36-35-24-10-8-23(9-11-24)34-33-22-6-4-21(5-7-22)32-31-2;;;;;;;;;;;;;;;;;;;;;;;;;;;;;;;;;;;;;;;;;;;;;;;;;;;;;;;;;;;;;;;;;;;;;;;;/h3-18,39H,1-2H3,(H,40,41,42);6*1H3;;;;;;;;;;;;;;;;;;;;;;;;;;;;;;;;;;;;;;;;;;;;;;;;;;;;;;;;;;;;;;;;;;/q;6*-1;;;;;;;;;;;;;;;;;;;;;;;;;;;;;;;;;;;;;;;;;;;;;;;;;;;;;;;9*+1;3*-1. The van der Waals surface area contributed by atoms with E-state index >= 15 is 0 Å². The molecule has 0 saturated heterocycles. The Kier molecular flexibility index (Phi) is 979. The second-order valence-electron chi connectivity index (χ2n) is 9.22. The predicted molar refractivity (Wildman–Crippen MR) is 515 cm³/mol. The zero-order valence-corrected chi connectivity index (χ0v) is 402. The van der Waals surface area contributed by atoms with E-state index in [0.717, 1.165) is 1840 Å². The molecular weight excluding hydrogens is 6020 g/mol. The first-order valence-corrected chi connectivity index (χ1v) is 959. The van der Waals surface area contributed by atoms with Gasteiger partial charge in [0, 0.05) is 12.4 Å². The van der Waals surface area contributed by atoms with Gasteiger partial charge < -0.3 is 53.9 Å². The monoisotopic (exact) mass is 6030 g/mol. The molecule has 0 radical (unpaired) electrons. The van der Waals surface area contributed by atoms with Crippen LogP contribution in [0.15, 0.2) is 143 Å². The Balaban J connectivity index is -0.0000000169. The second kappa shape index (κ2) is 344. The summed E-state index contributed by atoms with van der Waals surface area (Å²) in [6.45, 7) is 1.83. The van der Waals surface area contributed by atoms with E-state index in [1.165, 1.54) is 6.07 Å². The molecule has 0 aliphatic heterocycles. The third-order valence-electron chi connectivity index (χ3n) is 6.08. The van der Waals surface area contributed by atoms with Gasteiger partial charge in [-0.1, -0.05) is 23.8 Å². The number of phenols is 1. The number of rotatable bonds is 8. The van der Waals surface area contributed by atoms with Gasteiger partial charge in [0.2, 0.25) is 0 Å². The summed E-state index contributed by atoms with van der Waals surface area (Å²) in [5.41, 5.74) is 4.08. The molecule has 112 heavy (non-hydrogen) atoms. The Morgan fingerprint density at radius 3 is 0.562 bits per heavy atom. The van der Waals surface area contributed by atoms with Crippen molar-refractivity contribution < 1.29 is 546 Å². The molecule has 0 amide bonds. The fourth-order valence-electron chi connectivity index (χ4n) is 3.98. The number of fused-ring (bicyclic) bond motifs is 1. The maximum absolute atomic E-state index is 12.0. The summed E-state index contributed by atoms with van der Waals surface area (Å²) < 4.78 is 33.8. The summed E-state index contributed by atoms with van der Waals surface area (Å²) in [6.07, 6.45) is 0. The minimum atomic E-state index is -4.69. The summed E-state index contributed by atoms with van der Waals surface area (Å²) in [6, 6.07) is 27.1. The molecule has 0 saturated carbocycles. The van der Waals surface area contributed by atoms with Gasteiger partial charge in [0.05, 0.1) is 34.1 Å². The Bertz CT molecular complexity index is 2140. The molecule has 0 aliphatic carbocycles. The van der Waals surface area contributed by atoms with Crippen LogP contribution in [0.4, 0.5) is 39.8 Å². The van der Waals surface area contributed by atoms with E-state index < -0.39 is 20.8 Å². The predicted octanol–water partition coefficient (Wildman–Crippen LogP) is -34.4. The Hall–Kier alpha value is 108. The SMILES string of the molecule is CN=Nc1ccc(N=Nc2ccc(N=Nc3ccc(N=Nc4c(S(=O)(=O)O)cc5cc(C)ccc5c4O)cc3)cc2)cc1.[CH3-].[CH3-].[CH3-].[CH3-].[CH3-].[CH3-].[H-].[H-].[H-].[Rb+].[Rb+].[Rb+].[Rb+].[Rb+].[Rb+].[Rb+].[Rb+].[Rb+].[Rb][Rb].[Rb][Rb].[Rb][Rb].[Rb][Rb].[Rb][Rb].[Rb][Rb].[Rb][Rb].[Rb][Rb].[Rb][Rb].[Rb][Rb].[Rb][Rb].[Rb][Rb].[Rb][Rb].[Rb][Rb].[Rb][Rb].[Rb][Rb].[Rb][Rb].[Rb][Rb].[Rb][Rb].[Rb][Rb].[Rb][Rb].[Rb][Rb].[Rb][Rb].[Rb][Rb].[Rb][Rb].[Rb][Rb].[Rb][Rb]. The van der Waals surface area contributed by atoms with Crippen LogP contribution in [0.25, 0.3) is 10.8 Å². The maximum atomic E-state index is 12.0. The molecule has 0 unspecified atom stereocenters. The molecule has 12 nitrogen and oxygen atoms in total. The summed E-state index contributed by atoms with van der Waals surface area (Å²) >= 11 is 62.6.